The van der Waals surface area contributed by atoms with E-state index < -0.39 is 0 Å². The lowest BCUT2D eigenvalue weighted by Crippen LogP contribution is -2.21. The number of aliphatic imine (C=N–C) groups is 1. The molecule has 0 radical (unpaired) electrons. The summed E-state index contributed by atoms with van der Waals surface area (Å²) in [6.45, 7) is 6.36. The molecule has 0 N–H and O–H groups in total. The van der Waals surface area contributed by atoms with Crippen LogP contribution in [0.4, 0.5) is 11.4 Å². The fourth-order valence-electron chi connectivity index (χ4n) is 3.10. The van der Waals surface area contributed by atoms with Crippen molar-refractivity contribution in [3.8, 4) is 5.75 Å². The van der Waals surface area contributed by atoms with Crippen LogP contribution in [0.5, 0.6) is 5.75 Å². The number of hydrogen-bond acceptors (Lipinski definition) is 3. The van der Waals surface area contributed by atoms with Gasteiger partial charge >= 0.3 is 0 Å². The molecule has 0 bridgehead atoms. The molecule has 0 spiro atoms. The van der Waals surface area contributed by atoms with Gasteiger partial charge in [-0.2, -0.15) is 0 Å². The van der Waals surface area contributed by atoms with Crippen LogP contribution in [0.15, 0.2) is 83.9 Å². The molecule has 0 aromatic heterocycles. The molecule has 0 saturated carbocycles. The molecule has 0 fully saturated rings. The van der Waals surface area contributed by atoms with Gasteiger partial charge in [0.05, 0.1) is 18.5 Å². The van der Waals surface area contributed by atoms with Crippen molar-refractivity contribution in [2.75, 3.05) is 25.1 Å². The highest BCUT2D eigenvalue weighted by molar-refractivity contribution is 6.14. The quantitative estimate of drug-likeness (QED) is 0.505. The van der Waals surface area contributed by atoms with Crippen LogP contribution in [0.25, 0.3) is 0 Å². The summed E-state index contributed by atoms with van der Waals surface area (Å²) in [7, 11) is 1.67. The van der Waals surface area contributed by atoms with Crippen molar-refractivity contribution in [1.29, 1.82) is 0 Å². The summed E-state index contributed by atoms with van der Waals surface area (Å²) < 4.78 is 5.25. The number of anilines is 1. The molecule has 3 aromatic carbocycles. The Balaban J connectivity index is 2.01. The van der Waals surface area contributed by atoms with E-state index in [4.69, 9.17) is 9.73 Å². The SMILES string of the molecule is CCN(CC)c1ccc(C(=Nc2ccc(OC)cc2)c2ccccc2)cc1. The molecule has 138 valence electrons. The molecule has 0 aliphatic heterocycles. The normalized spacial score (nSPS) is 11.3. The lowest BCUT2D eigenvalue weighted by Gasteiger charge is -2.21. The molecule has 0 unspecified atom stereocenters. The maximum Gasteiger partial charge on any atom is 0.119 e. The Morgan fingerprint density at radius 1 is 0.778 bits per heavy atom. The molecular weight excluding hydrogens is 332 g/mol. The van der Waals surface area contributed by atoms with Crippen LogP contribution in [0, 0.1) is 0 Å². The molecule has 3 nitrogen and oxygen atoms in total. The Labute approximate surface area is 162 Å². The predicted molar refractivity (Wildman–Crippen MR) is 115 cm³/mol. The summed E-state index contributed by atoms with van der Waals surface area (Å²) in [4.78, 5) is 7.28. The topological polar surface area (TPSA) is 24.8 Å². The minimum absolute atomic E-state index is 0.832. The van der Waals surface area contributed by atoms with E-state index in [-0.39, 0.29) is 0 Å². The summed E-state index contributed by atoms with van der Waals surface area (Å²) in [5, 5.41) is 0. The number of rotatable bonds is 7. The first-order chi connectivity index (χ1) is 13.2. The molecule has 3 rings (SSSR count). The Bertz CT molecular complexity index is 865. The van der Waals surface area contributed by atoms with E-state index in [1.54, 1.807) is 7.11 Å². The lowest BCUT2D eigenvalue weighted by atomic mass is 10.0. The highest BCUT2D eigenvalue weighted by Gasteiger charge is 2.09. The molecule has 3 aromatic rings. The molecule has 27 heavy (non-hydrogen) atoms. The molecule has 0 aliphatic rings. The Morgan fingerprint density at radius 2 is 1.37 bits per heavy atom. The maximum atomic E-state index is 5.25. The lowest BCUT2D eigenvalue weighted by molar-refractivity contribution is 0.415. The van der Waals surface area contributed by atoms with Gasteiger partial charge in [-0.1, -0.05) is 42.5 Å². The minimum Gasteiger partial charge on any atom is -0.497 e. The minimum atomic E-state index is 0.832. The van der Waals surface area contributed by atoms with Crippen LogP contribution in [0.2, 0.25) is 0 Å². The van der Waals surface area contributed by atoms with Crippen LogP contribution in [-0.4, -0.2) is 25.9 Å². The van der Waals surface area contributed by atoms with Gasteiger partial charge in [0.2, 0.25) is 0 Å². The summed E-state index contributed by atoms with van der Waals surface area (Å²) in [5.74, 6) is 0.832. The fourth-order valence-corrected chi connectivity index (χ4v) is 3.10. The van der Waals surface area contributed by atoms with Crippen molar-refractivity contribution in [3.05, 3.63) is 90.0 Å². The van der Waals surface area contributed by atoms with Crippen LogP contribution in [0.1, 0.15) is 25.0 Å². The molecule has 0 aliphatic carbocycles. The van der Waals surface area contributed by atoms with Crippen LogP contribution in [0.3, 0.4) is 0 Å². The second kappa shape index (κ2) is 9.04. The number of methoxy groups -OCH3 is 1. The fraction of sp³-hybridized carbons (Fsp3) is 0.208. The smallest absolute Gasteiger partial charge is 0.119 e. The zero-order valence-corrected chi connectivity index (χ0v) is 16.2. The van der Waals surface area contributed by atoms with Gasteiger partial charge in [0.25, 0.3) is 0 Å². The summed E-state index contributed by atoms with van der Waals surface area (Å²) in [6, 6.07) is 26.8. The van der Waals surface area contributed by atoms with Crippen LogP contribution >= 0.6 is 0 Å². The highest BCUT2D eigenvalue weighted by Crippen LogP contribution is 2.23. The standard InChI is InChI=1S/C24H26N2O/c1-4-26(5-2)22-15-11-20(12-16-22)24(19-9-7-6-8-10-19)25-21-13-17-23(27-3)18-14-21/h6-18H,4-5H2,1-3H3. The molecule has 0 saturated heterocycles. The zero-order valence-electron chi connectivity index (χ0n) is 16.2. The third-order valence-corrected chi connectivity index (χ3v) is 4.63. The van der Waals surface area contributed by atoms with E-state index in [9.17, 15) is 0 Å². The van der Waals surface area contributed by atoms with Crippen LogP contribution < -0.4 is 9.64 Å². The number of ether oxygens (including phenoxy) is 1. The summed E-state index contributed by atoms with van der Waals surface area (Å²) >= 11 is 0. The van der Waals surface area contributed by atoms with Gasteiger partial charge in [-0.15, -0.1) is 0 Å². The van der Waals surface area contributed by atoms with E-state index in [1.165, 1.54) is 5.69 Å². The number of hydrogen-bond donors (Lipinski definition) is 0. The molecule has 0 atom stereocenters. The van der Waals surface area contributed by atoms with Gasteiger partial charge in [0.15, 0.2) is 0 Å². The Morgan fingerprint density at radius 3 is 1.93 bits per heavy atom. The highest BCUT2D eigenvalue weighted by atomic mass is 16.5. The second-order valence-corrected chi connectivity index (χ2v) is 6.24. The van der Waals surface area contributed by atoms with E-state index in [0.29, 0.717) is 0 Å². The first kappa shape index (κ1) is 18.7. The first-order valence-electron chi connectivity index (χ1n) is 9.38. The Kier molecular flexibility index (Phi) is 6.26. The van der Waals surface area contributed by atoms with Crippen molar-refractivity contribution in [2.24, 2.45) is 4.99 Å². The van der Waals surface area contributed by atoms with Gasteiger partial charge in [-0.25, -0.2) is 4.99 Å². The predicted octanol–water partition coefficient (Wildman–Crippen LogP) is 5.71. The van der Waals surface area contributed by atoms with Gasteiger partial charge in [-0.3, -0.25) is 0 Å². The van der Waals surface area contributed by atoms with Crippen molar-refractivity contribution in [1.82, 2.24) is 0 Å². The van der Waals surface area contributed by atoms with E-state index in [2.05, 4.69) is 55.1 Å². The summed E-state index contributed by atoms with van der Waals surface area (Å²) in [6.07, 6.45) is 0. The van der Waals surface area contributed by atoms with E-state index in [1.807, 2.05) is 42.5 Å². The van der Waals surface area contributed by atoms with Crippen molar-refractivity contribution in [2.45, 2.75) is 13.8 Å². The van der Waals surface area contributed by atoms with Gasteiger partial charge in [-0.05, 0) is 50.2 Å². The van der Waals surface area contributed by atoms with Crippen molar-refractivity contribution < 1.29 is 4.74 Å². The average molecular weight is 358 g/mol. The Hall–Kier alpha value is -3.07. The third kappa shape index (κ3) is 4.56. The molecule has 3 heteroatoms. The van der Waals surface area contributed by atoms with Crippen molar-refractivity contribution >= 4 is 17.1 Å². The van der Waals surface area contributed by atoms with Gasteiger partial charge in [0, 0.05) is 29.9 Å². The number of benzene rings is 3. The van der Waals surface area contributed by atoms with Crippen LogP contribution in [-0.2, 0) is 0 Å². The molecule has 0 amide bonds. The maximum absolute atomic E-state index is 5.25. The van der Waals surface area contributed by atoms with E-state index >= 15 is 0 Å². The second-order valence-electron chi connectivity index (χ2n) is 6.24. The molecular formula is C24H26N2O. The van der Waals surface area contributed by atoms with Gasteiger partial charge < -0.3 is 9.64 Å². The van der Waals surface area contributed by atoms with Crippen molar-refractivity contribution in [3.63, 3.8) is 0 Å². The molecule has 0 heterocycles. The third-order valence-electron chi connectivity index (χ3n) is 4.63. The zero-order chi connectivity index (χ0) is 19.1. The first-order valence-corrected chi connectivity index (χ1v) is 9.38. The largest absolute Gasteiger partial charge is 0.497 e. The van der Waals surface area contributed by atoms with Gasteiger partial charge in [0.1, 0.15) is 5.75 Å². The summed E-state index contributed by atoms with van der Waals surface area (Å²) in [5.41, 5.74) is 5.31. The average Bonchev–Trinajstić information content (AvgIpc) is 2.74. The monoisotopic (exact) mass is 358 g/mol. The van der Waals surface area contributed by atoms with E-state index in [0.717, 1.165) is 41.4 Å². The number of nitrogens with zero attached hydrogens (tertiary/aromatic N) is 2.